The monoisotopic (exact) mass is 148 g/mol. The summed E-state index contributed by atoms with van der Waals surface area (Å²) in [4.78, 5) is 4.18. The van der Waals surface area contributed by atoms with Crippen LogP contribution in [0.1, 0.15) is 12.7 Å². The lowest BCUT2D eigenvalue weighted by Crippen LogP contribution is -1.93. The average molecular weight is 148 g/mol. The van der Waals surface area contributed by atoms with Crippen molar-refractivity contribution in [3.8, 4) is 0 Å². The Hall–Kier alpha value is -1.31. The summed E-state index contributed by atoms with van der Waals surface area (Å²) < 4.78 is 1.98. The molecule has 0 aromatic carbocycles. The predicted molar refractivity (Wildman–Crippen MR) is 47.1 cm³/mol. The van der Waals surface area contributed by atoms with Crippen LogP contribution < -0.4 is 0 Å². The van der Waals surface area contributed by atoms with Crippen LogP contribution in [0.3, 0.4) is 0 Å². The Bertz CT molecular complexity index is 282. The Labute approximate surface area is 66.9 Å². The van der Waals surface area contributed by atoms with Crippen molar-refractivity contribution < 1.29 is 0 Å². The van der Waals surface area contributed by atoms with Gasteiger partial charge in [-0.15, -0.1) is 0 Å². The Morgan fingerprint density at radius 3 is 2.91 bits per heavy atom. The molecule has 0 aliphatic carbocycles. The van der Waals surface area contributed by atoms with E-state index in [-0.39, 0.29) is 0 Å². The van der Waals surface area contributed by atoms with E-state index in [9.17, 15) is 0 Å². The van der Waals surface area contributed by atoms with Crippen LogP contribution in [0.2, 0.25) is 0 Å². The number of rotatable bonds is 2. The van der Waals surface area contributed by atoms with Gasteiger partial charge in [-0.25, -0.2) is 4.98 Å². The maximum absolute atomic E-state index is 4.18. The van der Waals surface area contributed by atoms with Gasteiger partial charge in [0, 0.05) is 19.4 Å². The number of aromatic nitrogens is 2. The summed E-state index contributed by atoms with van der Waals surface area (Å²) in [5, 5.41) is 0. The zero-order valence-electron chi connectivity index (χ0n) is 6.91. The van der Waals surface area contributed by atoms with Crippen molar-refractivity contribution in [3.05, 3.63) is 36.9 Å². The molecule has 11 heavy (non-hydrogen) atoms. The van der Waals surface area contributed by atoms with Crippen LogP contribution >= 0.6 is 0 Å². The van der Waals surface area contributed by atoms with E-state index in [4.69, 9.17) is 0 Å². The minimum absolute atomic E-state index is 0.991. The molecule has 0 aliphatic rings. The van der Waals surface area contributed by atoms with Crippen LogP contribution in [0.15, 0.2) is 31.1 Å². The highest BCUT2D eigenvalue weighted by molar-refractivity contribution is 5.59. The molecule has 58 valence electrons. The van der Waals surface area contributed by atoms with Crippen LogP contribution in [0.25, 0.3) is 5.57 Å². The second kappa shape index (κ2) is 3.19. The molecule has 0 bridgehead atoms. The third-order valence-corrected chi connectivity index (χ3v) is 1.54. The van der Waals surface area contributed by atoms with Crippen molar-refractivity contribution in [1.29, 1.82) is 0 Å². The highest BCUT2D eigenvalue weighted by Gasteiger charge is 1.98. The van der Waals surface area contributed by atoms with Gasteiger partial charge >= 0.3 is 0 Å². The second-order valence-corrected chi connectivity index (χ2v) is 2.45. The summed E-state index contributed by atoms with van der Waals surface area (Å²) in [6.45, 7) is 5.64. The van der Waals surface area contributed by atoms with Gasteiger partial charge in [0.1, 0.15) is 5.82 Å². The van der Waals surface area contributed by atoms with Gasteiger partial charge in [-0.05, 0) is 12.5 Å². The molecular weight excluding hydrogens is 136 g/mol. The first kappa shape index (κ1) is 7.79. The first-order valence-electron chi connectivity index (χ1n) is 3.52. The molecular formula is C9H12N2. The molecule has 1 rings (SSSR count). The van der Waals surface area contributed by atoms with Crippen molar-refractivity contribution in [2.75, 3.05) is 0 Å². The fourth-order valence-electron chi connectivity index (χ4n) is 0.997. The summed E-state index contributed by atoms with van der Waals surface area (Å²) in [5.41, 5.74) is 1.13. The fourth-order valence-corrected chi connectivity index (χ4v) is 0.997. The lowest BCUT2D eigenvalue weighted by atomic mass is 10.2. The fraction of sp³-hybridized carbons (Fsp3) is 0.222. The Balaban J connectivity index is 3.01. The van der Waals surface area contributed by atoms with Gasteiger partial charge in [-0.3, -0.25) is 0 Å². The summed E-state index contributed by atoms with van der Waals surface area (Å²) in [7, 11) is 1.97. The molecule has 0 spiro atoms. The number of aryl methyl sites for hydroxylation is 1. The van der Waals surface area contributed by atoms with Crippen LogP contribution in [0.4, 0.5) is 0 Å². The van der Waals surface area contributed by atoms with E-state index < -0.39 is 0 Å². The third-order valence-electron chi connectivity index (χ3n) is 1.54. The van der Waals surface area contributed by atoms with Crippen LogP contribution in [0.5, 0.6) is 0 Å². The highest BCUT2D eigenvalue weighted by Crippen LogP contribution is 2.09. The van der Waals surface area contributed by atoms with Gasteiger partial charge in [-0.2, -0.15) is 0 Å². The van der Waals surface area contributed by atoms with Gasteiger partial charge in [0.2, 0.25) is 0 Å². The standard InChI is InChI=1S/C9H12N2/c1-4-5-8(2)9-10-6-7-11(9)3/h4-7H,1H2,2-3H3/b8-5-. The molecule has 2 nitrogen and oxygen atoms in total. The average Bonchev–Trinajstić information content (AvgIpc) is 2.36. The van der Waals surface area contributed by atoms with Crippen molar-refractivity contribution >= 4 is 5.57 Å². The predicted octanol–water partition coefficient (Wildman–Crippen LogP) is 2.01. The summed E-state index contributed by atoms with van der Waals surface area (Å²) in [5.74, 6) is 0.991. The summed E-state index contributed by atoms with van der Waals surface area (Å²) >= 11 is 0. The zero-order valence-corrected chi connectivity index (χ0v) is 6.91. The lowest BCUT2D eigenvalue weighted by Gasteiger charge is -1.98. The van der Waals surface area contributed by atoms with Crippen molar-refractivity contribution in [2.45, 2.75) is 6.92 Å². The first-order chi connectivity index (χ1) is 5.25. The number of allylic oxidation sites excluding steroid dienone is 3. The summed E-state index contributed by atoms with van der Waals surface area (Å²) in [6, 6.07) is 0. The first-order valence-corrected chi connectivity index (χ1v) is 3.52. The molecule has 1 aromatic rings. The van der Waals surface area contributed by atoms with Gasteiger partial charge in [0.25, 0.3) is 0 Å². The molecule has 0 fully saturated rings. The number of imidazole rings is 1. The minimum Gasteiger partial charge on any atom is -0.334 e. The number of hydrogen-bond donors (Lipinski definition) is 0. The largest absolute Gasteiger partial charge is 0.334 e. The smallest absolute Gasteiger partial charge is 0.135 e. The zero-order chi connectivity index (χ0) is 8.27. The normalized spacial score (nSPS) is 11.6. The Morgan fingerprint density at radius 1 is 1.73 bits per heavy atom. The number of nitrogens with zero attached hydrogens (tertiary/aromatic N) is 2. The Kier molecular flexibility index (Phi) is 2.26. The van der Waals surface area contributed by atoms with Crippen molar-refractivity contribution in [2.24, 2.45) is 7.05 Å². The van der Waals surface area contributed by atoms with E-state index in [1.165, 1.54) is 0 Å². The molecule has 2 heteroatoms. The maximum Gasteiger partial charge on any atom is 0.135 e. The van der Waals surface area contributed by atoms with E-state index in [2.05, 4.69) is 11.6 Å². The van der Waals surface area contributed by atoms with Gasteiger partial charge in [0.05, 0.1) is 0 Å². The van der Waals surface area contributed by atoms with Gasteiger partial charge in [0.15, 0.2) is 0 Å². The number of hydrogen-bond acceptors (Lipinski definition) is 1. The van der Waals surface area contributed by atoms with Crippen LogP contribution in [-0.2, 0) is 7.05 Å². The molecule has 0 atom stereocenters. The van der Waals surface area contributed by atoms with E-state index in [0.717, 1.165) is 11.4 Å². The molecule has 0 unspecified atom stereocenters. The second-order valence-electron chi connectivity index (χ2n) is 2.45. The SMILES string of the molecule is C=C/C=C(/C)c1nccn1C. The molecule has 0 saturated heterocycles. The Morgan fingerprint density at radius 2 is 2.45 bits per heavy atom. The van der Waals surface area contributed by atoms with E-state index in [1.54, 1.807) is 12.3 Å². The summed E-state index contributed by atoms with van der Waals surface area (Å²) in [6.07, 6.45) is 7.43. The van der Waals surface area contributed by atoms with Gasteiger partial charge < -0.3 is 4.57 Å². The van der Waals surface area contributed by atoms with E-state index >= 15 is 0 Å². The molecule has 0 saturated carbocycles. The topological polar surface area (TPSA) is 17.8 Å². The third kappa shape index (κ3) is 1.58. The van der Waals surface area contributed by atoms with Crippen LogP contribution in [-0.4, -0.2) is 9.55 Å². The van der Waals surface area contributed by atoms with Crippen molar-refractivity contribution in [3.63, 3.8) is 0 Å². The van der Waals surface area contributed by atoms with Crippen LogP contribution in [0, 0.1) is 0 Å². The van der Waals surface area contributed by atoms with E-state index in [0.29, 0.717) is 0 Å². The highest BCUT2D eigenvalue weighted by atomic mass is 15.0. The van der Waals surface area contributed by atoms with Crippen molar-refractivity contribution in [1.82, 2.24) is 9.55 Å². The molecule has 0 amide bonds. The van der Waals surface area contributed by atoms with Gasteiger partial charge in [-0.1, -0.05) is 18.7 Å². The maximum atomic E-state index is 4.18. The molecule has 1 aromatic heterocycles. The minimum atomic E-state index is 0.991. The molecule has 0 radical (unpaired) electrons. The lowest BCUT2D eigenvalue weighted by molar-refractivity contribution is 0.889. The molecule has 1 heterocycles. The quantitative estimate of drug-likeness (QED) is 0.586. The molecule has 0 aliphatic heterocycles. The molecule has 0 N–H and O–H groups in total. The van der Waals surface area contributed by atoms with E-state index in [1.807, 2.05) is 30.8 Å².